The van der Waals surface area contributed by atoms with E-state index in [9.17, 15) is 0 Å². The molecule has 0 saturated heterocycles. The van der Waals surface area contributed by atoms with Gasteiger partial charge in [-0.1, -0.05) is 82.6 Å². The quantitative estimate of drug-likeness (QED) is 0.153. The van der Waals surface area contributed by atoms with E-state index >= 15 is 0 Å². The zero-order valence-corrected chi connectivity index (χ0v) is 28.0. The molecule has 0 bridgehead atoms. The topological polar surface area (TPSA) is 44.9 Å². The van der Waals surface area contributed by atoms with Crippen molar-refractivity contribution in [2.75, 3.05) is 0 Å². The smallest absolute Gasteiger partial charge is 0.137 e. The summed E-state index contributed by atoms with van der Waals surface area (Å²) in [5.74, 6) is 2.74. The maximum Gasteiger partial charge on any atom is 0.137 e. The van der Waals surface area contributed by atoms with Crippen LogP contribution in [0.4, 0.5) is 0 Å². The number of aromatic nitrogens is 4. The van der Waals surface area contributed by atoms with Crippen molar-refractivity contribution in [2.24, 2.45) is 0 Å². The third kappa shape index (κ3) is 5.83. The van der Waals surface area contributed by atoms with Gasteiger partial charge in [0, 0.05) is 34.7 Å². The van der Waals surface area contributed by atoms with Crippen molar-refractivity contribution in [3.63, 3.8) is 0 Å². The molecule has 5 heteroatoms. The molecule has 3 aromatic heterocycles. The average Bonchev–Trinajstić information content (AvgIpc) is 3.63. The minimum atomic E-state index is 0.290. The van der Waals surface area contributed by atoms with Crippen molar-refractivity contribution < 1.29 is 4.74 Å². The molecule has 47 heavy (non-hydrogen) atoms. The van der Waals surface area contributed by atoms with Gasteiger partial charge >= 0.3 is 0 Å². The van der Waals surface area contributed by atoms with Crippen LogP contribution < -0.4 is 4.74 Å². The lowest BCUT2D eigenvalue weighted by Gasteiger charge is -2.13. The van der Waals surface area contributed by atoms with Gasteiger partial charge in [-0.05, 0) is 91.3 Å². The number of aryl methyl sites for hydroxylation is 2. The van der Waals surface area contributed by atoms with Crippen molar-refractivity contribution in [1.82, 2.24) is 19.3 Å². The normalized spacial score (nSPS) is 11.6. The Labute approximate surface area is 277 Å². The summed E-state index contributed by atoms with van der Waals surface area (Å²) in [6, 6.07) is 36.4. The Morgan fingerprint density at radius 1 is 0.766 bits per heavy atom. The lowest BCUT2D eigenvalue weighted by Crippen LogP contribution is -2.03. The first-order valence-corrected chi connectivity index (χ1v) is 16.9. The summed E-state index contributed by atoms with van der Waals surface area (Å²) >= 11 is 0. The van der Waals surface area contributed by atoms with Crippen LogP contribution in [0.25, 0.3) is 44.4 Å². The third-order valence-electron chi connectivity index (χ3n) is 9.05. The van der Waals surface area contributed by atoms with Crippen LogP contribution in [0.1, 0.15) is 69.0 Å². The van der Waals surface area contributed by atoms with E-state index in [-0.39, 0.29) is 0 Å². The van der Waals surface area contributed by atoms with Crippen LogP contribution in [0.2, 0.25) is 0 Å². The Morgan fingerprint density at radius 2 is 1.55 bits per heavy atom. The van der Waals surface area contributed by atoms with Gasteiger partial charge in [0.05, 0.1) is 28.1 Å². The molecule has 0 atom stereocenters. The van der Waals surface area contributed by atoms with Crippen molar-refractivity contribution in [3.05, 3.63) is 132 Å². The molecular formula is C42H42N4O. The number of hydrogen-bond donors (Lipinski definition) is 0. The summed E-state index contributed by atoms with van der Waals surface area (Å²) < 4.78 is 11.0. The Morgan fingerprint density at radius 3 is 2.32 bits per heavy atom. The fourth-order valence-corrected chi connectivity index (χ4v) is 6.60. The Hall–Kier alpha value is -5.16. The fourth-order valence-electron chi connectivity index (χ4n) is 6.60. The average molecular weight is 619 g/mol. The maximum atomic E-state index is 6.60. The van der Waals surface area contributed by atoms with Crippen LogP contribution in [0, 0.1) is 6.92 Å². The summed E-state index contributed by atoms with van der Waals surface area (Å²) in [4.78, 5) is 4.73. The number of fused-ring (bicyclic) bond motifs is 3. The molecule has 3 heterocycles. The minimum absolute atomic E-state index is 0.290. The molecule has 0 unspecified atom stereocenters. The highest BCUT2D eigenvalue weighted by molar-refractivity contribution is 6.09. The zero-order valence-electron chi connectivity index (χ0n) is 28.0. The molecule has 4 aromatic carbocycles. The molecular weight excluding hydrogens is 576 g/mol. The molecule has 236 valence electrons. The fraction of sp³-hybridized carbons (Fsp3) is 0.238. The van der Waals surface area contributed by atoms with E-state index in [1.807, 2.05) is 18.3 Å². The monoisotopic (exact) mass is 618 g/mol. The van der Waals surface area contributed by atoms with Crippen LogP contribution in [0.3, 0.4) is 0 Å². The van der Waals surface area contributed by atoms with E-state index in [0.29, 0.717) is 5.92 Å². The predicted octanol–water partition coefficient (Wildman–Crippen LogP) is 11.2. The largest absolute Gasteiger partial charge is 0.457 e. The van der Waals surface area contributed by atoms with Crippen LogP contribution in [-0.2, 0) is 12.8 Å². The lowest BCUT2D eigenvalue weighted by atomic mass is 9.94. The molecule has 0 aliphatic heterocycles. The number of benzene rings is 4. The van der Waals surface area contributed by atoms with Crippen molar-refractivity contribution in [3.8, 4) is 34.1 Å². The van der Waals surface area contributed by atoms with E-state index in [1.54, 1.807) is 0 Å². The molecule has 7 rings (SSSR count). The van der Waals surface area contributed by atoms with E-state index in [2.05, 4.69) is 135 Å². The van der Waals surface area contributed by atoms with Gasteiger partial charge in [-0.3, -0.25) is 4.57 Å². The highest BCUT2D eigenvalue weighted by Gasteiger charge is 2.22. The molecule has 0 N–H and O–H groups in total. The Kier molecular flexibility index (Phi) is 8.38. The van der Waals surface area contributed by atoms with Gasteiger partial charge in [0.15, 0.2) is 0 Å². The first-order chi connectivity index (χ1) is 22.9. The number of nitrogens with zero attached hydrogens (tertiary/aromatic N) is 4. The lowest BCUT2D eigenvalue weighted by molar-refractivity contribution is 0.482. The molecule has 0 saturated carbocycles. The molecule has 0 spiro atoms. The van der Waals surface area contributed by atoms with Gasteiger partial charge < -0.3 is 4.74 Å². The molecule has 0 fully saturated rings. The van der Waals surface area contributed by atoms with Crippen LogP contribution >= 0.6 is 0 Å². The summed E-state index contributed by atoms with van der Waals surface area (Å²) in [6.07, 6.45) is 6.09. The van der Waals surface area contributed by atoms with Gasteiger partial charge in [-0.2, -0.15) is 5.10 Å². The van der Waals surface area contributed by atoms with Crippen molar-refractivity contribution in [2.45, 2.75) is 66.2 Å². The van der Waals surface area contributed by atoms with Crippen LogP contribution in [-0.4, -0.2) is 19.3 Å². The molecule has 7 aromatic rings. The first kappa shape index (κ1) is 30.5. The van der Waals surface area contributed by atoms with Crippen molar-refractivity contribution >= 4 is 21.8 Å². The Balaban J connectivity index is 1.30. The number of hydrogen-bond acceptors (Lipinski definition) is 3. The van der Waals surface area contributed by atoms with Gasteiger partial charge in [-0.15, -0.1) is 0 Å². The van der Waals surface area contributed by atoms with Crippen LogP contribution in [0.15, 0.2) is 109 Å². The predicted molar refractivity (Wildman–Crippen MR) is 194 cm³/mol. The van der Waals surface area contributed by atoms with E-state index in [0.717, 1.165) is 65.4 Å². The van der Waals surface area contributed by atoms with Gasteiger partial charge in [0.2, 0.25) is 0 Å². The summed E-state index contributed by atoms with van der Waals surface area (Å²) in [5.41, 5.74) is 10.6. The number of ether oxygens (including phenoxy) is 1. The molecule has 5 nitrogen and oxygen atoms in total. The highest BCUT2D eigenvalue weighted by atomic mass is 16.5. The van der Waals surface area contributed by atoms with E-state index in [1.165, 1.54) is 38.7 Å². The summed E-state index contributed by atoms with van der Waals surface area (Å²) in [5, 5.41) is 7.63. The van der Waals surface area contributed by atoms with Gasteiger partial charge in [0.25, 0.3) is 0 Å². The zero-order chi connectivity index (χ0) is 32.5. The molecule has 0 aliphatic carbocycles. The number of para-hydroxylation sites is 1. The standard InChI is InChI=1S/C42H42N4O/c1-6-8-15-38-41(31-19-17-30(7-2)18-20-31)42(28(3)4)44-46(38)32-12-11-13-33(26-32)47-34-21-22-36-35-14-9-10-16-37(35)45(39(36)27-34)40-25-29(5)23-24-43-40/h9-14,16-28H,6-8,15H2,1-5H3. The first-order valence-electron chi connectivity index (χ1n) is 16.9. The Bertz CT molecular complexity index is 2190. The second-order valence-electron chi connectivity index (χ2n) is 12.7. The number of rotatable bonds is 10. The number of unbranched alkanes of at least 4 members (excludes halogenated alkanes) is 1. The van der Waals surface area contributed by atoms with E-state index in [4.69, 9.17) is 14.8 Å². The SMILES string of the molecule is CCCCc1c(-c2ccc(CC)cc2)c(C(C)C)nn1-c1cccc(Oc2ccc3c4ccccc4n(-c4cc(C)ccn4)c3c2)c1. The van der Waals surface area contributed by atoms with Crippen molar-refractivity contribution in [1.29, 1.82) is 0 Å². The third-order valence-corrected chi connectivity index (χ3v) is 9.05. The summed E-state index contributed by atoms with van der Waals surface area (Å²) in [7, 11) is 0. The molecule has 0 aliphatic rings. The van der Waals surface area contributed by atoms with Crippen LogP contribution in [0.5, 0.6) is 11.5 Å². The van der Waals surface area contributed by atoms with E-state index < -0.39 is 0 Å². The minimum Gasteiger partial charge on any atom is -0.457 e. The molecule has 0 amide bonds. The highest BCUT2D eigenvalue weighted by Crippen LogP contribution is 2.37. The second-order valence-corrected chi connectivity index (χ2v) is 12.7. The second kappa shape index (κ2) is 12.9. The van der Waals surface area contributed by atoms with Gasteiger partial charge in [0.1, 0.15) is 17.3 Å². The molecule has 0 radical (unpaired) electrons. The van der Waals surface area contributed by atoms with Gasteiger partial charge in [-0.25, -0.2) is 9.67 Å². The number of pyridine rings is 1. The maximum absolute atomic E-state index is 6.60. The summed E-state index contributed by atoms with van der Waals surface area (Å²) in [6.45, 7) is 11.0.